The monoisotopic (exact) mass is 438 g/mol. The van der Waals surface area contributed by atoms with Crippen molar-refractivity contribution in [2.24, 2.45) is 4.99 Å². The lowest BCUT2D eigenvalue weighted by atomic mass is 10.1. The molecule has 1 N–H and O–H groups in total. The van der Waals surface area contributed by atoms with Crippen LogP contribution in [-0.4, -0.2) is 33.1 Å². The van der Waals surface area contributed by atoms with Crippen molar-refractivity contribution in [2.45, 2.75) is 13.8 Å². The Morgan fingerprint density at radius 1 is 1.00 bits per heavy atom. The summed E-state index contributed by atoms with van der Waals surface area (Å²) in [6.45, 7) is 3.77. The molecule has 0 spiro atoms. The van der Waals surface area contributed by atoms with Crippen molar-refractivity contribution < 1.29 is 9.59 Å². The second kappa shape index (κ2) is 9.69. The number of carbonyl (C=O) groups is 2. The lowest BCUT2D eigenvalue weighted by Gasteiger charge is -2.31. The smallest absolute Gasteiger partial charge is 0.296 e. The number of nitrogens with one attached hydrogen (secondary N) is 1. The second-order valence-corrected chi connectivity index (χ2v) is 7.34. The Kier molecular flexibility index (Phi) is 6.36. The lowest BCUT2D eigenvalue weighted by Crippen LogP contribution is -2.43. The van der Waals surface area contributed by atoms with Crippen LogP contribution >= 0.6 is 0 Å². The highest BCUT2D eigenvalue weighted by Gasteiger charge is 2.25. The van der Waals surface area contributed by atoms with Gasteiger partial charge in [0.15, 0.2) is 0 Å². The average Bonchev–Trinajstić information content (AvgIpc) is 3.11. The van der Waals surface area contributed by atoms with Crippen molar-refractivity contribution in [1.82, 2.24) is 15.0 Å². The first-order valence-corrected chi connectivity index (χ1v) is 10.3. The van der Waals surface area contributed by atoms with Crippen LogP contribution in [0.4, 0.5) is 11.5 Å². The van der Waals surface area contributed by atoms with Crippen LogP contribution in [0.3, 0.4) is 0 Å². The maximum Gasteiger partial charge on any atom is 0.296 e. The molecule has 33 heavy (non-hydrogen) atoms. The zero-order valence-corrected chi connectivity index (χ0v) is 18.2. The fraction of sp³-hybridized carbons (Fsp3) is 0.0800. The van der Waals surface area contributed by atoms with Crippen LogP contribution in [0, 0.1) is 13.8 Å². The molecule has 0 aliphatic carbocycles. The van der Waals surface area contributed by atoms with Crippen LogP contribution in [0.2, 0.25) is 0 Å². The molecule has 0 fully saturated rings. The summed E-state index contributed by atoms with van der Waals surface area (Å²) in [5.74, 6) is -0.153. The molecule has 3 heterocycles. The average molecular weight is 438 g/mol. The van der Waals surface area contributed by atoms with E-state index in [1.807, 2.05) is 19.9 Å². The van der Waals surface area contributed by atoms with Gasteiger partial charge in [0.25, 0.3) is 11.8 Å². The number of hydrazine groups is 1. The Balaban J connectivity index is 1.66. The van der Waals surface area contributed by atoms with Gasteiger partial charge in [0, 0.05) is 30.4 Å². The SMILES string of the molecule is Cc1ccc(NC(=O)c2ccc(N(C(=O)c3ccccn3)N3C=CC=CN=C3)c(C)c2)nc1. The third-order valence-electron chi connectivity index (χ3n) is 4.85. The van der Waals surface area contributed by atoms with E-state index in [0.29, 0.717) is 17.1 Å². The van der Waals surface area contributed by atoms with Gasteiger partial charge in [0.1, 0.15) is 17.9 Å². The van der Waals surface area contributed by atoms with Gasteiger partial charge in [-0.15, -0.1) is 0 Å². The normalized spacial score (nSPS) is 12.4. The number of anilines is 2. The van der Waals surface area contributed by atoms with Crippen molar-refractivity contribution in [2.75, 3.05) is 10.3 Å². The third-order valence-corrected chi connectivity index (χ3v) is 4.85. The first kappa shape index (κ1) is 21.6. The van der Waals surface area contributed by atoms with E-state index in [1.54, 1.807) is 84.4 Å². The largest absolute Gasteiger partial charge is 0.307 e. The molecule has 8 nitrogen and oxygen atoms in total. The van der Waals surface area contributed by atoms with Gasteiger partial charge >= 0.3 is 0 Å². The Morgan fingerprint density at radius 3 is 2.61 bits per heavy atom. The van der Waals surface area contributed by atoms with Gasteiger partial charge in [-0.05, 0) is 73.5 Å². The highest BCUT2D eigenvalue weighted by Crippen LogP contribution is 2.25. The van der Waals surface area contributed by atoms with Crippen LogP contribution in [0.5, 0.6) is 0 Å². The van der Waals surface area contributed by atoms with Crippen molar-refractivity contribution in [3.8, 4) is 0 Å². The number of aryl methyl sites for hydroxylation is 2. The molecule has 2 amide bonds. The van der Waals surface area contributed by atoms with E-state index < -0.39 is 0 Å². The maximum atomic E-state index is 13.4. The van der Waals surface area contributed by atoms with Gasteiger partial charge in [-0.1, -0.05) is 12.1 Å². The van der Waals surface area contributed by atoms with Gasteiger partial charge in [0.05, 0.1) is 5.69 Å². The van der Waals surface area contributed by atoms with E-state index in [-0.39, 0.29) is 17.5 Å². The maximum absolute atomic E-state index is 13.4. The zero-order chi connectivity index (χ0) is 23.2. The number of benzene rings is 1. The summed E-state index contributed by atoms with van der Waals surface area (Å²) in [5.41, 5.74) is 3.05. The van der Waals surface area contributed by atoms with Crippen LogP contribution < -0.4 is 10.3 Å². The predicted octanol–water partition coefficient (Wildman–Crippen LogP) is 4.28. The predicted molar refractivity (Wildman–Crippen MR) is 128 cm³/mol. The number of hydrogen-bond donors (Lipinski definition) is 1. The minimum Gasteiger partial charge on any atom is -0.307 e. The minimum atomic E-state index is -0.335. The fourth-order valence-electron chi connectivity index (χ4n) is 3.20. The van der Waals surface area contributed by atoms with Crippen LogP contribution in [0.25, 0.3) is 0 Å². The quantitative estimate of drug-likeness (QED) is 0.642. The molecule has 0 atom stereocenters. The number of aliphatic imine (C=N–C) groups is 1. The van der Waals surface area contributed by atoms with E-state index in [0.717, 1.165) is 11.1 Å². The molecular formula is C25H22N6O2. The van der Waals surface area contributed by atoms with E-state index in [2.05, 4.69) is 20.3 Å². The Hall–Kier alpha value is -4.59. The highest BCUT2D eigenvalue weighted by molar-refractivity contribution is 6.07. The molecule has 4 rings (SSSR count). The molecule has 0 saturated carbocycles. The number of allylic oxidation sites excluding steroid dienone is 2. The summed E-state index contributed by atoms with van der Waals surface area (Å²) in [4.78, 5) is 38.7. The minimum absolute atomic E-state index is 0.281. The number of nitrogens with zero attached hydrogens (tertiary/aromatic N) is 5. The van der Waals surface area contributed by atoms with Gasteiger partial charge in [-0.25, -0.2) is 20.0 Å². The first-order valence-electron chi connectivity index (χ1n) is 10.3. The zero-order valence-electron chi connectivity index (χ0n) is 18.2. The summed E-state index contributed by atoms with van der Waals surface area (Å²) >= 11 is 0. The van der Waals surface area contributed by atoms with Gasteiger partial charge in [0.2, 0.25) is 0 Å². The summed E-state index contributed by atoms with van der Waals surface area (Å²) < 4.78 is 0. The summed E-state index contributed by atoms with van der Waals surface area (Å²) in [7, 11) is 0. The van der Waals surface area contributed by atoms with Crippen molar-refractivity contribution in [3.63, 3.8) is 0 Å². The summed E-state index contributed by atoms with van der Waals surface area (Å²) in [6.07, 6.45) is 11.7. The molecule has 8 heteroatoms. The second-order valence-electron chi connectivity index (χ2n) is 7.34. The van der Waals surface area contributed by atoms with Crippen molar-refractivity contribution in [3.05, 3.63) is 108 Å². The lowest BCUT2D eigenvalue weighted by molar-refractivity contribution is 0.0948. The summed E-state index contributed by atoms with van der Waals surface area (Å²) in [5, 5.41) is 5.83. The van der Waals surface area contributed by atoms with Crippen LogP contribution in [0.1, 0.15) is 32.0 Å². The summed E-state index contributed by atoms with van der Waals surface area (Å²) in [6, 6.07) is 13.9. The van der Waals surface area contributed by atoms with Gasteiger partial charge in [-0.3, -0.25) is 14.6 Å². The molecule has 0 radical (unpaired) electrons. The topological polar surface area (TPSA) is 90.8 Å². The Bertz CT molecular complexity index is 1230. The van der Waals surface area contributed by atoms with Gasteiger partial charge in [-0.2, -0.15) is 0 Å². The number of hydrogen-bond acceptors (Lipinski definition) is 6. The van der Waals surface area contributed by atoms with Gasteiger partial charge < -0.3 is 5.32 Å². The fourth-order valence-corrected chi connectivity index (χ4v) is 3.20. The number of pyridine rings is 2. The number of amides is 2. The molecule has 0 unspecified atom stereocenters. The molecule has 1 aliphatic rings. The third kappa shape index (κ3) is 5.01. The first-order chi connectivity index (χ1) is 16.0. The number of rotatable bonds is 5. The molecule has 1 aliphatic heterocycles. The Labute approximate surface area is 191 Å². The molecule has 1 aromatic carbocycles. The molecular weight excluding hydrogens is 416 g/mol. The van der Waals surface area contributed by atoms with Crippen LogP contribution in [-0.2, 0) is 0 Å². The van der Waals surface area contributed by atoms with Crippen LogP contribution in [0.15, 0.2) is 90.5 Å². The molecule has 0 bridgehead atoms. The highest BCUT2D eigenvalue weighted by atomic mass is 16.2. The van der Waals surface area contributed by atoms with E-state index in [9.17, 15) is 9.59 Å². The van der Waals surface area contributed by atoms with Crippen molar-refractivity contribution >= 4 is 29.7 Å². The molecule has 164 valence electrons. The van der Waals surface area contributed by atoms with E-state index in [1.165, 1.54) is 11.3 Å². The number of carbonyl (C=O) groups excluding carboxylic acids is 2. The van der Waals surface area contributed by atoms with E-state index in [4.69, 9.17) is 0 Å². The number of aromatic nitrogens is 2. The molecule has 0 saturated heterocycles. The Morgan fingerprint density at radius 2 is 1.88 bits per heavy atom. The standard InChI is InChI=1S/C25H22N6O2/c1-18-8-11-23(28-16-18)29-24(32)20-9-10-22(19(2)15-20)31(30-14-6-5-12-26-17-30)25(33)21-7-3-4-13-27-21/h3-17H,1-2H3,(H,28,29,32). The van der Waals surface area contributed by atoms with E-state index >= 15 is 0 Å². The molecule has 3 aromatic rings. The van der Waals surface area contributed by atoms with Crippen molar-refractivity contribution in [1.29, 1.82) is 0 Å². The molecule has 2 aromatic heterocycles.